The molecule has 1 saturated heterocycles. The zero-order valence-corrected chi connectivity index (χ0v) is 24.6. The number of ether oxygens (including phenoxy) is 4. The Balaban J connectivity index is 1.41. The summed E-state index contributed by atoms with van der Waals surface area (Å²) in [6.07, 6.45) is -5.75. The molecule has 0 bridgehead atoms. The van der Waals surface area contributed by atoms with Gasteiger partial charge in [-0.15, -0.1) is 0 Å². The molecule has 2 heterocycles. The third-order valence-electron chi connectivity index (χ3n) is 8.07. The van der Waals surface area contributed by atoms with Crippen LogP contribution >= 0.6 is 0 Å². The van der Waals surface area contributed by atoms with Gasteiger partial charge in [-0.1, -0.05) is 103 Å². The van der Waals surface area contributed by atoms with Crippen LogP contribution in [0.1, 0.15) is 37.4 Å². The lowest BCUT2D eigenvalue weighted by molar-refractivity contribution is -0.310. The molecule has 2 aliphatic rings. The fourth-order valence-electron chi connectivity index (χ4n) is 5.82. The number of benzene rings is 4. The summed E-state index contributed by atoms with van der Waals surface area (Å²) in [6, 6.07) is 33.9. The second-order valence-corrected chi connectivity index (χ2v) is 11.1. The summed E-state index contributed by atoms with van der Waals surface area (Å²) in [5.41, 5.74) is 3.09. The van der Waals surface area contributed by atoms with Gasteiger partial charge in [0.2, 0.25) is 0 Å². The summed E-state index contributed by atoms with van der Waals surface area (Å²) in [5, 5.41) is 21.1. The smallest absolute Gasteiger partial charge is 0.262 e. The number of rotatable bonds is 12. The molecule has 0 spiro atoms. The molecule has 0 radical (unpaired) electrons. The van der Waals surface area contributed by atoms with Crippen LogP contribution < -0.4 is 0 Å². The molecule has 45 heavy (non-hydrogen) atoms. The van der Waals surface area contributed by atoms with Crippen molar-refractivity contribution in [2.45, 2.75) is 56.6 Å². The van der Waals surface area contributed by atoms with Gasteiger partial charge in [0, 0.05) is 0 Å². The van der Waals surface area contributed by atoms with E-state index >= 15 is 0 Å². The molecule has 6 rings (SSSR count). The third-order valence-corrected chi connectivity index (χ3v) is 8.07. The lowest BCUT2D eigenvalue weighted by Gasteiger charge is -2.49. The van der Waals surface area contributed by atoms with Crippen LogP contribution in [0.2, 0.25) is 0 Å². The van der Waals surface area contributed by atoms with E-state index in [2.05, 4.69) is 0 Å². The van der Waals surface area contributed by atoms with Crippen molar-refractivity contribution in [3.8, 4) is 0 Å². The quantitative estimate of drug-likeness (QED) is 0.231. The number of amides is 2. The van der Waals surface area contributed by atoms with Crippen molar-refractivity contribution < 1.29 is 38.7 Å². The minimum atomic E-state index is -1.38. The van der Waals surface area contributed by atoms with Gasteiger partial charge in [0.25, 0.3) is 11.8 Å². The number of aliphatic hydroxyl groups is 2. The molecule has 9 heteroatoms. The molecule has 9 nitrogen and oxygen atoms in total. The van der Waals surface area contributed by atoms with E-state index in [9.17, 15) is 19.8 Å². The van der Waals surface area contributed by atoms with Gasteiger partial charge in [-0.3, -0.25) is 14.5 Å². The molecule has 2 aliphatic heterocycles. The molecule has 1 fully saturated rings. The Morgan fingerprint density at radius 1 is 0.622 bits per heavy atom. The van der Waals surface area contributed by atoms with Crippen molar-refractivity contribution in [2.24, 2.45) is 0 Å². The topological polar surface area (TPSA) is 115 Å². The Hall–Kier alpha value is -4.22. The van der Waals surface area contributed by atoms with E-state index in [1.54, 1.807) is 24.3 Å². The van der Waals surface area contributed by atoms with E-state index in [4.69, 9.17) is 18.9 Å². The van der Waals surface area contributed by atoms with E-state index < -0.39 is 55.2 Å². The molecule has 0 aromatic heterocycles. The van der Waals surface area contributed by atoms with Crippen LogP contribution in [0.4, 0.5) is 0 Å². The van der Waals surface area contributed by atoms with Gasteiger partial charge in [-0.25, -0.2) is 0 Å². The number of fused-ring (bicyclic) bond motifs is 1. The van der Waals surface area contributed by atoms with Gasteiger partial charge in [-0.2, -0.15) is 0 Å². The molecular formula is C36H35NO8. The van der Waals surface area contributed by atoms with Crippen molar-refractivity contribution in [1.82, 2.24) is 4.90 Å². The molecule has 2 amide bonds. The minimum Gasteiger partial charge on any atom is -0.394 e. The average molecular weight is 610 g/mol. The van der Waals surface area contributed by atoms with Crippen LogP contribution in [-0.4, -0.2) is 70.3 Å². The van der Waals surface area contributed by atoms with Crippen LogP contribution in [0.15, 0.2) is 115 Å². The normalized spacial score (nSPS) is 23.6. The Bertz CT molecular complexity index is 1530. The SMILES string of the molecule is O=C1c2ccccc2C(=O)N1C1C(OCc2ccccc2)OC(C(O)CO)C(OCc2ccccc2)C1OCc1ccccc1. The second kappa shape index (κ2) is 14.3. The molecule has 2 N–H and O–H groups in total. The zero-order valence-electron chi connectivity index (χ0n) is 24.6. The van der Waals surface area contributed by atoms with Crippen LogP contribution in [0, 0.1) is 0 Å². The molecule has 6 atom stereocenters. The Morgan fingerprint density at radius 2 is 1.04 bits per heavy atom. The number of hydrogen-bond acceptors (Lipinski definition) is 8. The highest BCUT2D eigenvalue weighted by atomic mass is 16.7. The number of hydrogen-bond donors (Lipinski definition) is 2. The fraction of sp³-hybridized carbons (Fsp3) is 0.278. The molecule has 4 aromatic rings. The van der Waals surface area contributed by atoms with Crippen molar-refractivity contribution >= 4 is 11.8 Å². The summed E-state index contributed by atoms with van der Waals surface area (Å²) in [5.74, 6) is -1.01. The number of aliphatic hydroxyl groups excluding tert-OH is 2. The first-order chi connectivity index (χ1) is 22.0. The van der Waals surface area contributed by atoms with Crippen LogP contribution in [0.25, 0.3) is 0 Å². The Morgan fingerprint density at radius 3 is 1.51 bits per heavy atom. The van der Waals surface area contributed by atoms with Crippen LogP contribution in [0.5, 0.6) is 0 Å². The van der Waals surface area contributed by atoms with Gasteiger partial charge in [0.05, 0.1) is 37.6 Å². The maximum absolute atomic E-state index is 13.9. The zero-order chi connectivity index (χ0) is 31.2. The summed E-state index contributed by atoms with van der Waals surface area (Å²) >= 11 is 0. The molecule has 232 valence electrons. The first kappa shape index (κ1) is 30.8. The van der Waals surface area contributed by atoms with Crippen molar-refractivity contribution in [1.29, 1.82) is 0 Å². The van der Waals surface area contributed by atoms with Gasteiger partial charge < -0.3 is 29.2 Å². The average Bonchev–Trinajstić information content (AvgIpc) is 3.35. The van der Waals surface area contributed by atoms with Crippen LogP contribution in [0.3, 0.4) is 0 Å². The summed E-state index contributed by atoms with van der Waals surface area (Å²) in [6.45, 7) is -0.290. The summed E-state index contributed by atoms with van der Waals surface area (Å²) in [4.78, 5) is 29.0. The number of nitrogens with zero attached hydrogens (tertiary/aromatic N) is 1. The second-order valence-electron chi connectivity index (χ2n) is 11.1. The number of imide groups is 1. The lowest BCUT2D eigenvalue weighted by atomic mass is 9.91. The molecule has 4 aromatic carbocycles. The highest BCUT2D eigenvalue weighted by molar-refractivity contribution is 6.21. The summed E-state index contributed by atoms with van der Waals surface area (Å²) in [7, 11) is 0. The summed E-state index contributed by atoms with van der Waals surface area (Å²) < 4.78 is 25.7. The monoisotopic (exact) mass is 609 g/mol. The molecule has 0 saturated carbocycles. The highest BCUT2D eigenvalue weighted by Gasteiger charge is 2.56. The molecule has 0 aliphatic carbocycles. The van der Waals surface area contributed by atoms with E-state index in [1.807, 2.05) is 91.0 Å². The maximum atomic E-state index is 13.9. The van der Waals surface area contributed by atoms with Crippen molar-refractivity contribution in [2.75, 3.05) is 6.61 Å². The van der Waals surface area contributed by atoms with Gasteiger partial charge in [0.15, 0.2) is 6.29 Å². The van der Waals surface area contributed by atoms with E-state index in [-0.39, 0.29) is 30.9 Å². The first-order valence-corrected chi connectivity index (χ1v) is 14.9. The largest absolute Gasteiger partial charge is 0.394 e. The molecular weight excluding hydrogens is 574 g/mol. The standard InChI is InChI=1S/C36H35NO8/c38-20-29(39)31-33(43-22-25-14-6-2-7-15-25)32(42-21-24-12-4-1-5-13-24)30(36(45-31)44-23-26-16-8-3-9-17-26)37-34(40)27-18-10-11-19-28(27)35(37)41/h1-19,29-33,36,38-39H,20-23H2. The highest BCUT2D eigenvalue weighted by Crippen LogP contribution is 2.37. The van der Waals surface area contributed by atoms with Gasteiger partial charge in [-0.05, 0) is 28.8 Å². The van der Waals surface area contributed by atoms with Gasteiger partial charge >= 0.3 is 0 Å². The maximum Gasteiger partial charge on any atom is 0.262 e. The van der Waals surface area contributed by atoms with Crippen LogP contribution in [-0.2, 0) is 38.8 Å². The van der Waals surface area contributed by atoms with E-state index in [0.717, 1.165) is 21.6 Å². The predicted octanol–water partition coefficient (Wildman–Crippen LogP) is 4.12. The number of carbonyl (C=O) groups excluding carboxylic acids is 2. The van der Waals surface area contributed by atoms with E-state index in [1.165, 1.54) is 0 Å². The van der Waals surface area contributed by atoms with Crippen molar-refractivity contribution in [3.05, 3.63) is 143 Å². The predicted molar refractivity (Wildman–Crippen MR) is 164 cm³/mol. The van der Waals surface area contributed by atoms with E-state index in [0.29, 0.717) is 0 Å². The molecule has 6 unspecified atom stereocenters. The Kier molecular flexibility index (Phi) is 9.75. The lowest BCUT2D eigenvalue weighted by Crippen LogP contribution is -2.68. The number of carbonyl (C=O) groups is 2. The van der Waals surface area contributed by atoms with Gasteiger partial charge in [0.1, 0.15) is 30.5 Å². The Labute approximate surface area is 261 Å². The minimum absolute atomic E-state index is 0.0913. The third kappa shape index (κ3) is 6.74. The van der Waals surface area contributed by atoms with Crippen molar-refractivity contribution in [3.63, 3.8) is 0 Å². The fourth-order valence-corrected chi connectivity index (χ4v) is 5.82. The first-order valence-electron chi connectivity index (χ1n) is 14.9.